The van der Waals surface area contributed by atoms with E-state index < -0.39 is 0 Å². The number of aliphatic imine (C=N–C) groups is 1. The van der Waals surface area contributed by atoms with Gasteiger partial charge in [0.25, 0.3) is 0 Å². The van der Waals surface area contributed by atoms with Gasteiger partial charge in [0.2, 0.25) is 0 Å². The number of hydrogen-bond acceptors (Lipinski definition) is 2. The second-order valence-corrected chi connectivity index (χ2v) is 4.30. The van der Waals surface area contributed by atoms with E-state index in [2.05, 4.69) is 39.8 Å². The number of halogens is 3. The summed E-state index contributed by atoms with van der Waals surface area (Å²) in [5, 5.41) is 2.63. The second kappa shape index (κ2) is 5.24. The minimum Gasteiger partial charge on any atom is -0.256 e. The van der Waals surface area contributed by atoms with E-state index >= 15 is 0 Å². The summed E-state index contributed by atoms with van der Waals surface area (Å²) < 4.78 is 0.835. The largest absolute Gasteiger partial charge is 0.256 e. The topological polar surface area (TPSA) is 12.4 Å². The fourth-order valence-corrected chi connectivity index (χ4v) is 1.58. The molecule has 1 rings (SSSR count). The highest BCUT2D eigenvalue weighted by atomic mass is 127. The van der Waals surface area contributed by atoms with Gasteiger partial charge < -0.3 is 0 Å². The first kappa shape index (κ1) is 11.4. The maximum Gasteiger partial charge on any atom is 0.0660 e. The molecule has 1 aromatic rings. The van der Waals surface area contributed by atoms with Crippen LogP contribution >= 0.6 is 58.0 Å². The van der Waals surface area contributed by atoms with E-state index in [9.17, 15) is 0 Å². The van der Waals surface area contributed by atoms with E-state index in [1.54, 1.807) is 12.1 Å². The lowest BCUT2D eigenvalue weighted by Crippen LogP contribution is -1.77. The molecule has 1 aromatic carbocycles. The van der Waals surface area contributed by atoms with Crippen molar-refractivity contribution in [3.8, 4) is 0 Å². The SMILES string of the molecule is S=CC=Nc1cc(Cl)c(I)c(Cl)c1. The number of benzene rings is 1. The highest BCUT2D eigenvalue weighted by Gasteiger charge is 2.03. The minimum absolute atomic E-state index is 0.601. The molecule has 0 aromatic heterocycles. The third-order valence-electron chi connectivity index (χ3n) is 1.25. The van der Waals surface area contributed by atoms with Crippen LogP contribution in [0.15, 0.2) is 17.1 Å². The van der Waals surface area contributed by atoms with Crippen molar-refractivity contribution in [2.75, 3.05) is 0 Å². The van der Waals surface area contributed by atoms with Gasteiger partial charge in [0.15, 0.2) is 0 Å². The standard InChI is InChI=1S/C8H4Cl2INS/c9-6-3-5(12-1-2-13)4-7(10)8(6)11/h1-4H. The summed E-state index contributed by atoms with van der Waals surface area (Å²) >= 11 is 18.5. The first-order valence-corrected chi connectivity index (χ1v) is 5.58. The molecule has 0 fully saturated rings. The third kappa shape index (κ3) is 3.16. The van der Waals surface area contributed by atoms with Crippen LogP contribution in [0.25, 0.3) is 0 Å². The molecule has 0 spiro atoms. The Morgan fingerprint density at radius 3 is 2.31 bits per heavy atom. The van der Waals surface area contributed by atoms with Gasteiger partial charge in [-0.25, -0.2) is 0 Å². The molecule has 0 saturated heterocycles. The Kier molecular flexibility index (Phi) is 4.58. The van der Waals surface area contributed by atoms with Crippen molar-refractivity contribution in [1.82, 2.24) is 0 Å². The molecule has 1 nitrogen and oxygen atoms in total. The van der Waals surface area contributed by atoms with Gasteiger partial charge in [-0.1, -0.05) is 35.4 Å². The average Bonchev–Trinajstić information content (AvgIpc) is 2.10. The molecule has 0 atom stereocenters. The Morgan fingerprint density at radius 2 is 1.85 bits per heavy atom. The van der Waals surface area contributed by atoms with Crippen molar-refractivity contribution >= 4 is 75.3 Å². The first-order valence-electron chi connectivity index (χ1n) is 3.27. The lowest BCUT2D eigenvalue weighted by Gasteiger charge is -2.00. The van der Waals surface area contributed by atoms with E-state index in [0.29, 0.717) is 15.7 Å². The van der Waals surface area contributed by atoms with E-state index in [0.717, 1.165) is 3.57 Å². The highest BCUT2D eigenvalue weighted by Crippen LogP contribution is 2.31. The average molecular weight is 344 g/mol. The van der Waals surface area contributed by atoms with Crippen molar-refractivity contribution < 1.29 is 0 Å². The van der Waals surface area contributed by atoms with Crippen molar-refractivity contribution in [2.45, 2.75) is 0 Å². The van der Waals surface area contributed by atoms with Crippen LogP contribution in [-0.4, -0.2) is 11.6 Å². The molecule has 0 aliphatic carbocycles. The molecule has 5 heteroatoms. The van der Waals surface area contributed by atoms with Gasteiger partial charge in [0.05, 0.1) is 19.3 Å². The predicted octanol–water partition coefficient (Wildman–Crippen LogP) is 4.30. The molecule has 0 heterocycles. The van der Waals surface area contributed by atoms with Crippen molar-refractivity contribution in [1.29, 1.82) is 0 Å². The summed E-state index contributed by atoms with van der Waals surface area (Å²) in [6.07, 6.45) is 1.52. The Balaban J connectivity index is 3.12. The van der Waals surface area contributed by atoms with Crippen molar-refractivity contribution in [3.63, 3.8) is 0 Å². The normalized spacial score (nSPS) is 10.7. The maximum atomic E-state index is 5.90. The lowest BCUT2D eigenvalue weighted by atomic mass is 10.3. The zero-order valence-electron chi connectivity index (χ0n) is 6.30. The van der Waals surface area contributed by atoms with E-state index in [-0.39, 0.29) is 0 Å². The molecular formula is C8H4Cl2INS. The third-order valence-corrected chi connectivity index (χ3v) is 3.77. The van der Waals surface area contributed by atoms with Crippen LogP contribution in [0.5, 0.6) is 0 Å². The zero-order valence-corrected chi connectivity index (χ0v) is 10.8. The van der Waals surface area contributed by atoms with Crippen LogP contribution in [0.3, 0.4) is 0 Å². The van der Waals surface area contributed by atoms with Crippen molar-refractivity contribution in [2.24, 2.45) is 4.99 Å². The number of thiocarbonyl (C=S) groups is 1. The van der Waals surface area contributed by atoms with E-state index in [1.807, 2.05) is 0 Å². The molecule has 0 unspecified atom stereocenters. The summed E-state index contributed by atoms with van der Waals surface area (Å²) in [6, 6.07) is 3.48. The van der Waals surface area contributed by atoms with Crippen molar-refractivity contribution in [3.05, 3.63) is 25.7 Å². The summed E-state index contributed by atoms with van der Waals surface area (Å²) in [4.78, 5) is 4.03. The fourth-order valence-electron chi connectivity index (χ4n) is 0.733. The fraction of sp³-hybridized carbons (Fsp3) is 0. The summed E-state index contributed by atoms with van der Waals surface area (Å²) in [7, 11) is 0. The monoisotopic (exact) mass is 343 g/mol. The van der Waals surface area contributed by atoms with Crippen LogP contribution in [0, 0.1) is 3.57 Å². The van der Waals surface area contributed by atoms with Crippen LogP contribution in [0.1, 0.15) is 0 Å². The quantitative estimate of drug-likeness (QED) is 0.337. The molecule has 0 radical (unpaired) electrons. The van der Waals surface area contributed by atoms with Gasteiger partial charge in [-0.05, 0) is 34.7 Å². The highest BCUT2D eigenvalue weighted by molar-refractivity contribution is 14.1. The Labute approximate surface area is 105 Å². The van der Waals surface area contributed by atoms with Crippen LogP contribution in [0.2, 0.25) is 10.0 Å². The smallest absolute Gasteiger partial charge is 0.0660 e. The van der Waals surface area contributed by atoms with E-state index in [1.165, 1.54) is 11.6 Å². The molecule has 0 saturated carbocycles. The molecule has 13 heavy (non-hydrogen) atoms. The number of nitrogens with zero attached hydrogens (tertiary/aromatic N) is 1. The van der Waals surface area contributed by atoms with Gasteiger partial charge in [0, 0.05) is 11.6 Å². The van der Waals surface area contributed by atoms with Crippen LogP contribution < -0.4 is 0 Å². The molecular weight excluding hydrogens is 340 g/mol. The summed E-state index contributed by atoms with van der Waals surface area (Å²) in [5.74, 6) is 0. The van der Waals surface area contributed by atoms with Gasteiger partial charge in [-0.3, -0.25) is 4.99 Å². The Hall–Kier alpha value is 0.290. The number of rotatable bonds is 2. The number of hydrogen-bond donors (Lipinski definition) is 0. The molecule has 0 bridgehead atoms. The summed E-state index contributed by atoms with van der Waals surface area (Å²) in [6.45, 7) is 0. The van der Waals surface area contributed by atoms with Gasteiger partial charge in [-0.15, -0.1) is 0 Å². The predicted molar refractivity (Wildman–Crippen MR) is 71.0 cm³/mol. The Morgan fingerprint density at radius 1 is 1.31 bits per heavy atom. The lowest BCUT2D eigenvalue weighted by molar-refractivity contribution is 1.52. The second-order valence-electron chi connectivity index (χ2n) is 2.14. The molecule has 0 N–H and O–H groups in total. The summed E-state index contributed by atoms with van der Waals surface area (Å²) in [5.41, 5.74) is 0.705. The molecule has 0 aliphatic heterocycles. The minimum atomic E-state index is 0.601. The van der Waals surface area contributed by atoms with Crippen LogP contribution in [-0.2, 0) is 0 Å². The van der Waals surface area contributed by atoms with Crippen LogP contribution in [0.4, 0.5) is 5.69 Å². The molecule has 0 amide bonds. The van der Waals surface area contributed by atoms with Gasteiger partial charge in [-0.2, -0.15) is 0 Å². The first-order chi connectivity index (χ1) is 6.15. The Bertz CT molecular complexity index is 342. The molecule has 0 aliphatic rings. The van der Waals surface area contributed by atoms with Gasteiger partial charge >= 0.3 is 0 Å². The maximum absolute atomic E-state index is 5.90. The molecule has 68 valence electrons. The van der Waals surface area contributed by atoms with Gasteiger partial charge in [0.1, 0.15) is 0 Å². The van der Waals surface area contributed by atoms with E-state index in [4.69, 9.17) is 23.2 Å². The zero-order chi connectivity index (χ0) is 9.84.